The monoisotopic (exact) mass is 350 g/mol. The number of rotatable bonds is 6. The second-order valence-electron chi connectivity index (χ2n) is 6.38. The van der Waals surface area contributed by atoms with E-state index in [0.717, 1.165) is 11.1 Å². The summed E-state index contributed by atoms with van der Waals surface area (Å²) < 4.78 is 5.51. The molecule has 0 unspecified atom stereocenters. The molecule has 5 heteroatoms. The molecule has 0 spiro atoms. The molecule has 0 bridgehead atoms. The van der Waals surface area contributed by atoms with E-state index in [0.29, 0.717) is 24.3 Å². The summed E-state index contributed by atoms with van der Waals surface area (Å²) in [7, 11) is 0. The number of aryl methyl sites for hydroxylation is 1. The molecule has 3 rings (SSSR count). The Hall–Kier alpha value is -3.08. The second-order valence-corrected chi connectivity index (χ2v) is 6.38. The quantitative estimate of drug-likeness (QED) is 0.786. The van der Waals surface area contributed by atoms with Crippen molar-refractivity contribution in [3.63, 3.8) is 0 Å². The number of benzene rings is 2. The Morgan fingerprint density at radius 3 is 2.58 bits per heavy atom. The topological polar surface area (TPSA) is 67.4 Å². The van der Waals surface area contributed by atoms with Crippen LogP contribution in [0.4, 0.5) is 0 Å². The minimum Gasteiger partial charge on any atom is -0.483 e. The fourth-order valence-corrected chi connectivity index (χ4v) is 2.99. The van der Waals surface area contributed by atoms with Gasteiger partial charge in [-0.25, -0.2) is 0 Å². The van der Waals surface area contributed by atoms with Gasteiger partial charge in [-0.05, 0) is 36.5 Å². The minimum absolute atomic E-state index is 0.0537. The molecule has 0 radical (unpaired) electrons. The first-order chi connectivity index (χ1) is 12.6. The normalized spacial score (nSPS) is 16.6. The molecule has 2 N–H and O–H groups in total. The van der Waals surface area contributed by atoms with E-state index in [2.05, 4.69) is 10.9 Å². The van der Waals surface area contributed by atoms with Crippen LogP contribution in [0.5, 0.6) is 5.75 Å². The van der Waals surface area contributed by atoms with Crippen molar-refractivity contribution < 1.29 is 14.3 Å². The van der Waals surface area contributed by atoms with Crippen LogP contribution in [0.3, 0.4) is 0 Å². The van der Waals surface area contributed by atoms with Crippen LogP contribution < -0.4 is 15.6 Å². The first kappa shape index (κ1) is 17.7. The predicted molar refractivity (Wildman–Crippen MR) is 99.5 cm³/mol. The third-order valence-electron chi connectivity index (χ3n) is 4.33. The molecule has 0 fully saturated rings. The van der Waals surface area contributed by atoms with Crippen molar-refractivity contribution in [1.29, 1.82) is 0 Å². The van der Waals surface area contributed by atoms with E-state index in [4.69, 9.17) is 4.74 Å². The number of allylic oxidation sites excluding steroid dienone is 2. The largest absolute Gasteiger partial charge is 0.483 e. The first-order valence-corrected chi connectivity index (χ1v) is 8.63. The molecular weight excluding hydrogens is 328 g/mol. The number of carbonyl (C=O) groups is 2. The lowest BCUT2D eigenvalue weighted by Gasteiger charge is -2.23. The Morgan fingerprint density at radius 2 is 1.81 bits per heavy atom. The zero-order valence-corrected chi connectivity index (χ0v) is 14.7. The van der Waals surface area contributed by atoms with Gasteiger partial charge in [0.15, 0.2) is 12.4 Å². The van der Waals surface area contributed by atoms with E-state index < -0.39 is 0 Å². The van der Waals surface area contributed by atoms with Gasteiger partial charge >= 0.3 is 0 Å². The fraction of sp³-hybridized carbons (Fsp3) is 0.238. The van der Waals surface area contributed by atoms with Crippen LogP contribution in [-0.2, 0) is 9.59 Å². The Bertz CT molecular complexity index is 815. The van der Waals surface area contributed by atoms with Crippen molar-refractivity contribution in [1.82, 2.24) is 10.9 Å². The average molecular weight is 350 g/mol. The highest BCUT2D eigenvalue weighted by atomic mass is 16.5. The lowest BCUT2D eigenvalue weighted by molar-refractivity contribution is -0.124. The van der Waals surface area contributed by atoms with Gasteiger partial charge in [-0.15, -0.1) is 0 Å². The summed E-state index contributed by atoms with van der Waals surface area (Å²) in [6.45, 7) is 1.83. The lowest BCUT2D eigenvalue weighted by Crippen LogP contribution is -2.41. The maximum absolute atomic E-state index is 12.0. The number of ether oxygens (including phenoxy) is 1. The van der Waals surface area contributed by atoms with Gasteiger partial charge in [-0.3, -0.25) is 15.0 Å². The Balaban J connectivity index is 1.51. The van der Waals surface area contributed by atoms with Gasteiger partial charge in [0.1, 0.15) is 5.75 Å². The van der Waals surface area contributed by atoms with Gasteiger partial charge < -0.3 is 10.2 Å². The molecule has 1 aliphatic carbocycles. The van der Waals surface area contributed by atoms with Gasteiger partial charge in [0.05, 0.1) is 0 Å². The summed E-state index contributed by atoms with van der Waals surface area (Å²) in [5, 5.41) is 0. The van der Waals surface area contributed by atoms with Crippen LogP contribution in [0.25, 0.3) is 0 Å². The molecule has 26 heavy (non-hydrogen) atoms. The summed E-state index contributed by atoms with van der Waals surface area (Å²) in [5.74, 6) is 0.552. The molecule has 134 valence electrons. The first-order valence-electron chi connectivity index (χ1n) is 8.63. The molecule has 1 aliphatic rings. The van der Waals surface area contributed by atoms with Crippen LogP contribution >= 0.6 is 0 Å². The number of hydrazine groups is 1. The zero-order chi connectivity index (χ0) is 18.4. The predicted octanol–water partition coefficient (Wildman–Crippen LogP) is 3.03. The highest BCUT2D eigenvalue weighted by molar-refractivity contribution is 5.92. The zero-order valence-electron chi connectivity index (χ0n) is 14.7. The van der Waals surface area contributed by atoms with Crippen molar-refractivity contribution >= 4 is 11.7 Å². The molecule has 0 saturated heterocycles. The van der Waals surface area contributed by atoms with E-state index in [1.54, 1.807) is 6.08 Å². The summed E-state index contributed by atoms with van der Waals surface area (Å²) in [4.78, 5) is 24.0. The Kier molecular flexibility index (Phi) is 5.69. The highest BCUT2D eigenvalue weighted by Gasteiger charge is 2.22. The Morgan fingerprint density at radius 1 is 1.08 bits per heavy atom. The number of hydrogen-bond acceptors (Lipinski definition) is 4. The van der Waals surface area contributed by atoms with Gasteiger partial charge in [0.25, 0.3) is 5.91 Å². The maximum atomic E-state index is 12.0. The van der Waals surface area contributed by atoms with E-state index in [1.807, 2.05) is 61.5 Å². The van der Waals surface area contributed by atoms with Crippen molar-refractivity contribution in [2.75, 3.05) is 6.61 Å². The van der Waals surface area contributed by atoms with Crippen molar-refractivity contribution in [3.8, 4) is 5.75 Å². The summed E-state index contributed by atoms with van der Waals surface area (Å²) >= 11 is 0. The highest BCUT2D eigenvalue weighted by Crippen LogP contribution is 2.29. The van der Waals surface area contributed by atoms with Gasteiger partial charge in [0.2, 0.25) is 0 Å². The van der Waals surface area contributed by atoms with Crippen molar-refractivity contribution in [2.24, 2.45) is 0 Å². The second kappa shape index (κ2) is 8.34. The van der Waals surface area contributed by atoms with Crippen LogP contribution in [0.15, 0.2) is 66.4 Å². The van der Waals surface area contributed by atoms with E-state index in [9.17, 15) is 9.59 Å². The van der Waals surface area contributed by atoms with Crippen LogP contribution in [-0.4, -0.2) is 18.3 Å². The number of para-hydroxylation sites is 1. The van der Waals surface area contributed by atoms with Crippen LogP contribution in [0, 0.1) is 6.92 Å². The summed E-state index contributed by atoms with van der Waals surface area (Å²) in [6.07, 6.45) is 2.72. The van der Waals surface area contributed by atoms with Gasteiger partial charge in [-0.2, -0.15) is 0 Å². The molecule has 2 aromatic rings. The van der Waals surface area contributed by atoms with Crippen LogP contribution in [0.2, 0.25) is 0 Å². The minimum atomic E-state index is -0.302. The Labute approximate surface area is 153 Å². The average Bonchev–Trinajstić information content (AvgIpc) is 2.66. The molecule has 0 aromatic heterocycles. The standard InChI is InChI=1S/C21H22N2O3/c1-15-7-5-6-10-20(15)26-14-21(25)23-22-18-11-17(12-19(24)13-18)16-8-3-2-4-9-16/h2-10,13,17,22H,11-12,14H2,1H3,(H,23,25)/t17-/m1/s1. The molecular formula is C21H22N2O3. The van der Waals surface area contributed by atoms with E-state index >= 15 is 0 Å². The van der Waals surface area contributed by atoms with E-state index in [-0.39, 0.29) is 24.2 Å². The third kappa shape index (κ3) is 4.72. The number of carbonyl (C=O) groups excluding carboxylic acids is 2. The van der Waals surface area contributed by atoms with Gasteiger partial charge in [-0.1, -0.05) is 48.5 Å². The fourth-order valence-electron chi connectivity index (χ4n) is 2.99. The number of amides is 1. The van der Waals surface area contributed by atoms with Crippen LogP contribution in [0.1, 0.15) is 29.9 Å². The number of ketones is 1. The molecule has 5 nitrogen and oxygen atoms in total. The molecule has 0 saturated carbocycles. The molecule has 2 aromatic carbocycles. The maximum Gasteiger partial charge on any atom is 0.276 e. The molecule has 0 aliphatic heterocycles. The van der Waals surface area contributed by atoms with Crippen molar-refractivity contribution in [2.45, 2.75) is 25.7 Å². The molecule has 1 amide bonds. The SMILES string of the molecule is Cc1ccccc1OCC(=O)NNC1=CC(=O)C[C@H](c2ccccc2)C1. The lowest BCUT2D eigenvalue weighted by atomic mass is 9.86. The third-order valence-corrected chi connectivity index (χ3v) is 4.33. The number of hydrogen-bond donors (Lipinski definition) is 2. The molecule has 1 atom stereocenters. The van der Waals surface area contributed by atoms with Crippen molar-refractivity contribution in [3.05, 3.63) is 77.5 Å². The summed E-state index contributed by atoms with van der Waals surface area (Å²) in [6, 6.07) is 17.5. The summed E-state index contributed by atoms with van der Waals surface area (Å²) in [5.41, 5.74) is 8.27. The molecule has 0 heterocycles. The van der Waals surface area contributed by atoms with E-state index in [1.165, 1.54) is 0 Å². The van der Waals surface area contributed by atoms with Gasteiger partial charge in [0, 0.05) is 18.2 Å². The number of nitrogens with one attached hydrogen (secondary N) is 2. The smallest absolute Gasteiger partial charge is 0.276 e.